The molecule has 1 saturated heterocycles. The van der Waals surface area contributed by atoms with Gasteiger partial charge in [-0.1, -0.05) is 0 Å². The van der Waals surface area contributed by atoms with Crippen LogP contribution in [0.4, 0.5) is 0 Å². The second-order valence-electron chi connectivity index (χ2n) is 6.77. The summed E-state index contributed by atoms with van der Waals surface area (Å²) in [4.78, 5) is 32.2. The van der Waals surface area contributed by atoms with Crippen molar-refractivity contribution in [2.45, 2.75) is 45.1 Å². The van der Waals surface area contributed by atoms with Crippen molar-refractivity contribution < 1.29 is 9.59 Å². The lowest BCUT2D eigenvalue weighted by Crippen LogP contribution is -2.50. The molecule has 7 heteroatoms. The highest BCUT2D eigenvalue weighted by Gasteiger charge is 2.28. The van der Waals surface area contributed by atoms with Gasteiger partial charge in [-0.2, -0.15) is 0 Å². The van der Waals surface area contributed by atoms with Gasteiger partial charge in [-0.05, 0) is 45.6 Å². The largest absolute Gasteiger partial charge is 0.347 e. The van der Waals surface area contributed by atoms with E-state index in [4.69, 9.17) is 0 Å². The molecule has 1 aliphatic heterocycles. The summed E-state index contributed by atoms with van der Waals surface area (Å²) in [7, 11) is 1.83. The molecule has 2 atom stereocenters. The van der Waals surface area contributed by atoms with Gasteiger partial charge >= 0.3 is 0 Å². The minimum atomic E-state index is -0.0354. The SMILES string of the molecule is Cc1nc2c(s1)CC(C(=O)NCC(=O)N(C)C1CCCNC1)CC2. The van der Waals surface area contributed by atoms with Gasteiger partial charge in [-0.3, -0.25) is 9.59 Å². The number of aryl methyl sites for hydroxylation is 2. The highest BCUT2D eigenvalue weighted by Crippen LogP contribution is 2.29. The number of amides is 2. The Hall–Kier alpha value is -1.47. The summed E-state index contributed by atoms with van der Waals surface area (Å²) < 4.78 is 0. The van der Waals surface area contributed by atoms with E-state index in [9.17, 15) is 9.59 Å². The van der Waals surface area contributed by atoms with Crippen LogP contribution in [0.1, 0.15) is 34.8 Å². The number of carbonyl (C=O) groups excluding carboxylic acids is 2. The normalized spacial score (nSPS) is 23.4. The Balaban J connectivity index is 1.47. The van der Waals surface area contributed by atoms with E-state index in [1.165, 1.54) is 4.88 Å². The second kappa shape index (κ2) is 7.61. The number of hydrogen-bond acceptors (Lipinski definition) is 5. The maximum Gasteiger partial charge on any atom is 0.242 e. The molecular formula is C17H26N4O2S. The average Bonchev–Trinajstić information content (AvgIpc) is 2.98. The van der Waals surface area contributed by atoms with Crippen LogP contribution >= 0.6 is 11.3 Å². The molecule has 6 nitrogen and oxygen atoms in total. The van der Waals surface area contributed by atoms with Gasteiger partial charge < -0.3 is 15.5 Å². The number of piperidine rings is 1. The summed E-state index contributed by atoms with van der Waals surface area (Å²) in [6.07, 6.45) is 4.55. The van der Waals surface area contributed by atoms with E-state index < -0.39 is 0 Å². The van der Waals surface area contributed by atoms with Crippen molar-refractivity contribution in [2.75, 3.05) is 26.7 Å². The lowest BCUT2D eigenvalue weighted by atomic mass is 9.90. The molecule has 0 radical (unpaired) electrons. The van der Waals surface area contributed by atoms with Crippen molar-refractivity contribution in [3.8, 4) is 0 Å². The van der Waals surface area contributed by atoms with Crippen LogP contribution in [0.25, 0.3) is 0 Å². The number of rotatable bonds is 4. The molecule has 0 saturated carbocycles. The van der Waals surface area contributed by atoms with Gasteiger partial charge in [0.05, 0.1) is 17.2 Å². The van der Waals surface area contributed by atoms with Crippen molar-refractivity contribution in [3.63, 3.8) is 0 Å². The number of fused-ring (bicyclic) bond motifs is 1. The first kappa shape index (κ1) is 17.4. The number of nitrogens with zero attached hydrogens (tertiary/aromatic N) is 2. The third-order valence-corrected chi connectivity index (χ3v) is 6.08. The first-order chi connectivity index (χ1) is 11.5. The lowest BCUT2D eigenvalue weighted by molar-refractivity contribution is -0.134. The summed E-state index contributed by atoms with van der Waals surface area (Å²) in [5.74, 6) is -0.0517. The van der Waals surface area contributed by atoms with Gasteiger partial charge in [0, 0.05) is 30.4 Å². The van der Waals surface area contributed by atoms with Gasteiger partial charge in [-0.15, -0.1) is 11.3 Å². The van der Waals surface area contributed by atoms with Crippen molar-refractivity contribution >= 4 is 23.2 Å². The quantitative estimate of drug-likeness (QED) is 0.845. The molecule has 2 N–H and O–H groups in total. The van der Waals surface area contributed by atoms with Gasteiger partial charge in [0.1, 0.15) is 0 Å². The van der Waals surface area contributed by atoms with E-state index in [1.54, 1.807) is 16.2 Å². The minimum absolute atomic E-state index is 0.00442. The molecule has 2 aliphatic rings. The summed E-state index contributed by atoms with van der Waals surface area (Å²) in [5, 5.41) is 7.22. The second-order valence-corrected chi connectivity index (χ2v) is 8.05. The molecule has 132 valence electrons. The van der Waals surface area contributed by atoms with Crippen LogP contribution in [-0.4, -0.2) is 54.4 Å². The minimum Gasteiger partial charge on any atom is -0.347 e. The lowest BCUT2D eigenvalue weighted by Gasteiger charge is -2.32. The van der Waals surface area contributed by atoms with Crippen LogP contribution in [0.5, 0.6) is 0 Å². The van der Waals surface area contributed by atoms with E-state index >= 15 is 0 Å². The summed E-state index contributed by atoms with van der Waals surface area (Å²) in [5.41, 5.74) is 1.15. The van der Waals surface area contributed by atoms with Crippen LogP contribution in [0, 0.1) is 12.8 Å². The molecule has 0 bridgehead atoms. The first-order valence-electron chi connectivity index (χ1n) is 8.74. The standard InChI is InChI=1S/C17H26N4O2S/c1-11-20-14-6-5-12(8-15(14)24-11)17(23)19-10-16(22)21(2)13-4-3-7-18-9-13/h12-13,18H,3-10H2,1-2H3,(H,19,23). The maximum absolute atomic E-state index is 12.4. The van der Waals surface area contributed by atoms with E-state index in [0.29, 0.717) is 0 Å². The van der Waals surface area contributed by atoms with E-state index in [-0.39, 0.29) is 30.3 Å². The number of aromatic nitrogens is 1. The van der Waals surface area contributed by atoms with Gasteiger partial charge in [0.25, 0.3) is 0 Å². The monoisotopic (exact) mass is 350 g/mol. The Kier molecular flexibility index (Phi) is 5.50. The third kappa shape index (κ3) is 3.95. The molecule has 2 amide bonds. The Labute approximate surface area is 147 Å². The Morgan fingerprint density at radius 2 is 2.25 bits per heavy atom. The molecule has 2 heterocycles. The fourth-order valence-corrected chi connectivity index (χ4v) is 4.59. The summed E-state index contributed by atoms with van der Waals surface area (Å²) in [6, 6.07) is 0.237. The zero-order valence-corrected chi connectivity index (χ0v) is 15.2. The number of hydrogen-bond donors (Lipinski definition) is 2. The van der Waals surface area contributed by atoms with Gasteiger partial charge in [-0.25, -0.2) is 4.98 Å². The van der Waals surface area contributed by atoms with Crippen LogP contribution in [0.2, 0.25) is 0 Å². The molecule has 1 fully saturated rings. The van der Waals surface area contributed by atoms with Crippen LogP contribution in [0.15, 0.2) is 0 Å². The number of carbonyl (C=O) groups is 2. The zero-order chi connectivity index (χ0) is 17.1. The van der Waals surface area contributed by atoms with Crippen molar-refractivity contribution in [3.05, 3.63) is 15.6 Å². The molecule has 1 aromatic heterocycles. The highest BCUT2D eigenvalue weighted by atomic mass is 32.1. The Morgan fingerprint density at radius 1 is 1.42 bits per heavy atom. The number of nitrogens with one attached hydrogen (secondary N) is 2. The molecule has 1 aromatic rings. The topological polar surface area (TPSA) is 74.3 Å². The van der Waals surface area contributed by atoms with Gasteiger partial charge in [0.2, 0.25) is 11.8 Å². The van der Waals surface area contributed by atoms with Gasteiger partial charge in [0.15, 0.2) is 0 Å². The summed E-state index contributed by atoms with van der Waals surface area (Å²) >= 11 is 1.69. The molecule has 0 spiro atoms. The Bertz CT molecular complexity index is 610. The Morgan fingerprint density at radius 3 is 3.00 bits per heavy atom. The number of thiazole rings is 1. The number of likely N-dealkylation sites (N-methyl/N-ethyl adjacent to an activating group) is 1. The molecule has 1 aliphatic carbocycles. The van der Waals surface area contributed by atoms with Crippen LogP contribution in [-0.2, 0) is 22.4 Å². The predicted octanol–water partition coefficient (Wildman–Crippen LogP) is 0.883. The van der Waals surface area contributed by atoms with E-state index in [0.717, 1.165) is 55.9 Å². The molecule has 24 heavy (non-hydrogen) atoms. The predicted molar refractivity (Wildman–Crippen MR) is 94.0 cm³/mol. The molecule has 0 aromatic carbocycles. The fourth-order valence-electron chi connectivity index (χ4n) is 3.53. The van der Waals surface area contributed by atoms with Crippen molar-refractivity contribution in [2.24, 2.45) is 5.92 Å². The van der Waals surface area contributed by atoms with Crippen LogP contribution < -0.4 is 10.6 Å². The summed E-state index contributed by atoms with van der Waals surface area (Å²) in [6.45, 7) is 3.96. The van der Waals surface area contributed by atoms with E-state index in [1.807, 2.05) is 14.0 Å². The van der Waals surface area contributed by atoms with Crippen LogP contribution in [0.3, 0.4) is 0 Å². The van der Waals surface area contributed by atoms with E-state index in [2.05, 4.69) is 15.6 Å². The first-order valence-corrected chi connectivity index (χ1v) is 9.55. The average molecular weight is 350 g/mol. The highest BCUT2D eigenvalue weighted by molar-refractivity contribution is 7.11. The maximum atomic E-state index is 12.4. The molecular weight excluding hydrogens is 324 g/mol. The third-order valence-electron chi connectivity index (χ3n) is 5.04. The smallest absolute Gasteiger partial charge is 0.242 e. The fraction of sp³-hybridized carbons (Fsp3) is 0.706. The van der Waals surface area contributed by atoms with Crippen molar-refractivity contribution in [1.82, 2.24) is 20.5 Å². The molecule has 3 rings (SSSR count). The van der Waals surface area contributed by atoms with Crippen molar-refractivity contribution in [1.29, 1.82) is 0 Å². The zero-order valence-electron chi connectivity index (χ0n) is 14.4. The molecule has 2 unspecified atom stereocenters.